The maximum atomic E-state index is 12.7. The predicted octanol–water partition coefficient (Wildman–Crippen LogP) is 3.89. The molecule has 0 fully saturated rings. The first kappa shape index (κ1) is 18.3. The van der Waals surface area contributed by atoms with E-state index in [1.807, 2.05) is 13.0 Å². The van der Waals surface area contributed by atoms with Crippen molar-refractivity contribution in [1.82, 2.24) is 4.98 Å². The number of fused-ring (bicyclic) bond motifs is 1. The van der Waals surface area contributed by atoms with Crippen molar-refractivity contribution in [1.29, 1.82) is 0 Å². The number of hydrogen-bond donors (Lipinski definition) is 1. The lowest BCUT2D eigenvalue weighted by Gasteiger charge is -2.08. The van der Waals surface area contributed by atoms with Crippen LogP contribution in [0.1, 0.15) is 28.4 Å². The number of hydrogen-bond acceptors (Lipinski definition) is 6. The van der Waals surface area contributed by atoms with E-state index < -0.39 is 16.0 Å². The number of thiazole rings is 1. The van der Waals surface area contributed by atoms with E-state index in [0.717, 1.165) is 5.56 Å². The minimum Gasteiger partial charge on any atom is -0.462 e. The van der Waals surface area contributed by atoms with Crippen molar-refractivity contribution < 1.29 is 17.9 Å². The monoisotopic (exact) mass is 390 g/mol. The van der Waals surface area contributed by atoms with Crippen molar-refractivity contribution in [2.45, 2.75) is 25.7 Å². The van der Waals surface area contributed by atoms with Crippen LogP contribution in [0.4, 0.5) is 5.13 Å². The Balaban J connectivity index is 1.92. The number of benzene rings is 2. The van der Waals surface area contributed by atoms with E-state index in [4.69, 9.17) is 4.74 Å². The van der Waals surface area contributed by atoms with Crippen LogP contribution in [0, 0.1) is 13.8 Å². The lowest BCUT2D eigenvalue weighted by molar-refractivity contribution is 0.0526. The van der Waals surface area contributed by atoms with E-state index in [0.29, 0.717) is 28.0 Å². The number of esters is 1. The molecule has 0 aliphatic rings. The largest absolute Gasteiger partial charge is 0.462 e. The molecule has 0 saturated heterocycles. The van der Waals surface area contributed by atoms with Crippen LogP contribution in [0.15, 0.2) is 41.3 Å². The molecule has 0 atom stereocenters. The van der Waals surface area contributed by atoms with Gasteiger partial charge in [0, 0.05) is 0 Å². The van der Waals surface area contributed by atoms with E-state index in [-0.39, 0.29) is 10.0 Å². The summed E-state index contributed by atoms with van der Waals surface area (Å²) in [5.41, 5.74) is 2.68. The van der Waals surface area contributed by atoms with Crippen molar-refractivity contribution in [3.8, 4) is 0 Å². The second-order valence-electron chi connectivity index (χ2n) is 5.80. The van der Waals surface area contributed by atoms with E-state index in [9.17, 15) is 13.2 Å². The summed E-state index contributed by atoms with van der Waals surface area (Å²) in [7, 11) is -3.74. The molecule has 1 heterocycles. The molecule has 1 N–H and O–H groups in total. The van der Waals surface area contributed by atoms with Gasteiger partial charge in [-0.15, -0.1) is 0 Å². The average Bonchev–Trinajstić information content (AvgIpc) is 2.94. The van der Waals surface area contributed by atoms with Crippen LogP contribution < -0.4 is 4.72 Å². The normalized spacial score (nSPS) is 11.5. The van der Waals surface area contributed by atoms with Crippen LogP contribution in [-0.2, 0) is 14.8 Å². The molecule has 3 rings (SSSR count). The molecule has 6 nitrogen and oxygen atoms in total. The minimum atomic E-state index is -3.74. The summed E-state index contributed by atoms with van der Waals surface area (Å²) in [5, 5.41) is 0.251. The SMILES string of the molecule is CCOC(=O)c1ccc2nc(NS(=O)(=O)c3ccc(C)cc3C)sc2c1. The Kier molecular flexibility index (Phi) is 4.97. The van der Waals surface area contributed by atoms with Gasteiger partial charge < -0.3 is 4.74 Å². The minimum absolute atomic E-state index is 0.217. The first-order chi connectivity index (χ1) is 12.3. The summed E-state index contributed by atoms with van der Waals surface area (Å²) in [6.07, 6.45) is 0. The van der Waals surface area contributed by atoms with Crippen LogP contribution in [0.5, 0.6) is 0 Å². The number of sulfonamides is 1. The zero-order chi connectivity index (χ0) is 18.9. The first-order valence-corrected chi connectivity index (χ1v) is 10.3. The summed E-state index contributed by atoms with van der Waals surface area (Å²) in [6, 6.07) is 10.1. The number of aryl methyl sites for hydroxylation is 2. The van der Waals surface area contributed by atoms with Crippen LogP contribution in [-0.4, -0.2) is 26.0 Å². The maximum absolute atomic E-state index is 12.7. The fourth-order valence-electron chi connectivity index (χ4n) is 2.58. The highest BCUT2D eigenvalue weighted by atomic mass is 32.2. The van der Waals surface area contributed by atoms with Crippen LogP contribution in [0.3, 0.4) is 0 Å². The molecule has 0 saturated carbocycles. The Morgan fingerprint density at radius 3 is 2.65 bits per heavy atom. The number of nitrogens with zero attached hydrogens (tertiary/aromatic N) is 1. The fourth-order valence-corrected chi connectivity index (χ4v) is 4.95. The lowest BCUT2D eigenvalue weighted by atomic mass is 10.2. The molecule has 0 spiro atoms. The van der Waals surface area contributed by atoms with E-state index in [1.165, 1.54) is 11.3 Å². The third-order valence-electron chi connectivity index (χ3n) is 3.74. The molecule has 0 unspecified atom stereocenters. The molecule has 0 bridgehead atoms. The molecule has 2 aromatic carbocycles. The molecule has 26 heavy (non-hydrogen) atoms. The van der Waals surface area contributed by atoms with Gasteiger partial charge in [0.15, 0.2) is 5.13 Å². The highest BCUT2D eigenvalue weighted by Crippen LogP contribution is 2.29. The van der Waals surface area contributed by atoms with E-state index in [2.05, 4.69) is 9.71 Å². The van der Waals surface area contributed by atoms with Crippen molar-refractivity contribution in [2.75, 3.05) is 11.3 Å². The third-order valence-corrected chi connectivity index (χ3v) is 6.30. The Hall–Kier alpha value is -2.45. The molecule has 8 heteroatoms. The molecule has 3 aromatic rings. The highest BCUT2D eigenvalue weighted by Gasteiger charge is 2.19. The number of rotatable bonds is 5. The number of carbonyl (C=O) groups excluding carboxylic acids is 1. The summed E-state index contributed by atoms with van der Waals surface area (Å²) in [5.74, 6) is -0.416. The van der Waals surface area contributed by atoms with E-state index in [1.54, 1.807) is 44.2 Å². The third kappa shape index (κ3) is 3.71. The summed E-state index contributed by atoms with van der Waals surface area (Å²) in [4.78, 5) is 16.3. The Labute approximate surface area is 155 Å². The number of anilines is 1. The molecule has 0 radical (unpaired) electrons. The van der Waals surface area contributed by atoms with Gasteiger partial charge in [0.2, 0.25) is 0 Å². The molecule has 0 aliphatic heterocycles. The van der Waals surface area contributed by atoms with Crippen LogP contribution >= 0.6 is 11.3 Å². The Morgan fingerprint density at radius 1 is 1.19 bits per heavy atom. The molecule has 1 aromatic heterocycles. The average molecular weight is 390 g/mol. The number of carbonyl (C=O) groups is 1. The topological polar surface area (TPSA) is 85.4 Å². The second-order valence-corrected chi connectivity index (χ2v) is 8.48. The van der Waals surface area contributed by atoms with Crippen molar-refractivity contribution in [2.24, 2.45) is 0 Å². The van der Waals surface area contributed by atoms with Gasteiger partial charge in [-0.2, -0.15) is 0 Å². The number of ether oxygens (including phenoxy) is 1. The van der Waals surface area contributed by atoms with Crippen molar-refractivity contribution >= 4 is 42.7 Å². The van der Waals surface area contributed by atoms with Crippen molar-refractivity contribution in [3.05, 3.63) is 53.1 Å². The molecule has 0 amide bonds. The molecular formula is C18H18N2O4S2. The molecular weight excluding hydrogens is 372 g/mol. The van der Waals surface area contributed by atoms with Gasteiger partial charge in [-0.3, -0.25) is 4.72 Å². The fraction of sp³-hybridized carbons (Fsp3) is 0.222. The summed E-state index contributed by atoms with van der Waals surface area (Å²) in [6.45, 7) is 5.70. The van der Waals surface area contributed by atoms with Gasteiger partial charge in [-0.1, -0.05) is 29.0 Å². The lowest BCUT2D eigenvalue weighted by Crippen LogP contribution is -2.14. The predicted molar refractivity (Wildman–Crippen MR) is 102 cm³/mol. The Morgan fingerprint density at radius 2 is 1.96 bits per heavy atom. The van der Waals surface area contributed by atoms with Crippen LogP contribution in [0.2, 0.25) is 0 Å². The second kappa shape index (κ2) is 7.05. The maximum Gasteiger partial charge on any atom is 0.338 e. The molecule has 0 aliphatic carbocycles. The summed E-state index contributed by atoms with van der Waals surface area (Å²) < 4.78 is 33.5. The smallest absolute Gasteiger partial charge is 0.338 e. The van der Waals surface area contributed by atoms with E-state index >= 15 is 0 Å². The standard InChI is InChI=1S/C18H18N2O4S2/c1-4-24-17(21)13-6-7-14-15(10-13)25-18(19-14)20-26(22,23)16-8-5-11(2)9-12(16)3/h5-10H,4H2,1-3H3,(H,19,20). The van der Waals surface area contributed by atoms with Gasteiger partial charge in [0.05, 0.1) is 27.3 Å². The molecule has 136 valence electrons. The Bertz CT molecular complexity index is 1090. The zero-order valence-electron chi connectivity index (χ0n) is 14.6. The van der Waals surface area contributed by atoms with Gasteiger partial charge in [0.1, 0.15) is 0 Å². The first-order valence-electron chi connectivity index (χ1n) is 7.98. The van der Waals surface area contributed by atoms with Crippen molar-refractivity contribution in [3.63, 3.8) is 0 Å². The van der Waals surface area contributed by atoms with Gasteiger partial charge in [0.25, 0.3) is 10.0 Å². The quantitative estimate of drug-likeness (QED) is 0.668. The van der Waals surface area contributed by atoms with Gasteiger partial charge in [-0.25, -0.2) is 18.2 Å². The summed E-state index contributed by atoms with van der Waals surface area (Å²) >= 11 is 1.17. The van der Waals surface area contributed by atoms with Crippen LogP contribution in [0.25, 0.3) is 10.2 Å². The van der Waals surface area contributed by atoms with Gasteiger partial charge in [-0.05, 0) is 50.6 Å². The number of nitrogens with one attached hydrogen (secondary N) is 1. The highest BCUT2D eigenvalue weighted by molar-refractivity contribution is 7.93. The number of aromatic nitrogens is 1. The zero-order valence-corrected chi connectivity index (χ0v) is 16.2. The van der Waals surface area contributed by atoms with Gasteiger partial charge >= 0.3 is 5.97 Å².